The van der Waals surface area contributed by atoms with Gasteiger partial charge in [-0.05, 0) is 63.2 Å². The van der Waals surface area contributed by atoms with Crippen LogP contribution in [0.15, 0.2) is 12.1 Å². The highest BCUT2D eigenvalue weighted by molar-refractivity contribution is 5.86. The largest absolute Gasteiger partial charge is 0.493 e. The molecule has 3 heterocycles. The standard InChI is InChI=1S/C20H28FN3O2.C2H6/c1-14-20-16(12-21)10-18(11-19(20)23-22-14)26-13-15-2-6-24(7-3-15)17-4-8-25-9-5-17;1-2/h10-11,15,17H,2-9,12-13H2,1H3,(H,22,23);1-2H3. The molecule has 0 radical (unpaired) electrons. The third-order valence-electron chi connectivity index (χ3n) is 5.88. The van der Waals surface area contributed by atoms with E-state index in [1.165, 1.54) is 0 Å². The summed E-state index contributed by atoms with van der Waals surface area (Å²) in [5.41, 5.74) is 2.33. The number of ether oxygens (including phenoxy) is 2. The van der Waals surface area contributed by atoms with Crippen LogP contribution >= 0.6 is 0 Å². The first-order chi connectivity index (χ1) is 13.7. The normalized spacial score (nSPS) is 19.4. The summed E-state index contributed by atoms with van der Waals surface area (Å²) >= 11 is 0. The molecule has 0 atom stereocenters. The number of nitrogens with zero attached hydrogens (tertiary/aromatic N) is 2. The van der Waals surface area contributed by atoms with Gasteiger partial charge in [-0.2, -0.15) is 5.10 Å². The number of aromatic nitrogens is 2. The quantitative estimate of drug-likeness (QED) is 0.807. The Balaban J connectivity index is 0.00000109. The third-order valence-corrected chi connectivity index (χ3v) is 5.88. The van der Waals surface area contributed by atoms with Gasteiger partial charge in [0.05, 0.1) is 12.1 Å². The molecular weight excluding hydrogens is 357 g/mol. The summed E-state index contributed by atoms with van der Waals surface area (Å²) in [4.78, 5) is 2.62. The summed E-state index contributed by atoms with van der Waals surface area (Å²) in [5.74, 6) is 1.29. The fraction of sp³-hybridized carbons (Fsp3) is 0.682. The predicted molar refractivity (Wildman–Crippen MR) is 111 cm³/mol. The molecule has 2 aliphatic rings. The molecule has 2 aromatic rings. The second-order valence-electron chi connectivity index (χ2n) is 7.59. The zero-order chi connectivity index (χ0) is 19.9. The van der Waals surface area contributed by atoms with Crippen molar-refractivity contribution in [3.05, 3.63) is 23.4 Å². The second kappa shape index (κ2) is 10.2. The smallest absolute Gasteiger partial charge is 0.121 e. The highest BCUT2D eigenvalue weighted by atomic mass is 19.1. The highest BCUT2D eigenvalue weighted by Crippen LogP contribution is 2.29. The van der Waals surface area contributed by atoms with E-state index in [2.05, 4.69) is 15.1 Å². The van der Waals surface area contributed by atoms with Crippen LogP contribution < -0.4 is 4.74 Å². The van der Waals surface area contributed by atoms with Gasteiger partial charge < -0.3 is 14.4 Å². The average Bonchev–Trinajstić information content (AvgIpc) is 3.15. The lowest BCUT2D eigenvalue weighted by molar-refractivity contribution is 0.0175. The molecule has 2 saturated heterocycles. The molecule has 156 valence electrons. The van der Waals surface area contributed by atoms with Gasteiger partial charge >= 0.3 is 0 Å². The van der Waals surface area contributed by atoms with E-state index < -0.39 is 6.67 Å². The Hall–Kier alpha value is -1.66. The lowest BCUT2D eigenvalue weighted by Gasteiger charge is -2.39. The first-order valence-electron chi connectivity index (χ1n) is 10.7. The van der Waals surface area contributed by atoms with E-state index in [0.29, 0.717) is 24.1 Å². The zero-order valence-electron chi connectivity index (χ0n) is 17.5. The minimum absolute atomic E-state index is 0.502. The SMILES string of the molecule is CC.Cc1[nH]nc2cc(OCC3CCN(C4CCOCC4)CC3)cc(CF)c12. The number of hydrogen-bond donors (Lipinski definition) is 1. The molecule has 28 heavy (non-hydrogen) atoms. The number of rotatable bonds is 5. The molecule has 0 amide bonds. The molecule has 5 nitrogen and oxygen atoms in total. The molecule has 0 aliphatic carbocycles. The molecule has 0 bridgehead atoms. The van der Waals surface area contributed by atoms with Crippen LogP contribution in [-0.2, 0) is 11.4 Å². The number of benzene rings is 1. The number of likely N-dealkylation sites (tertiary alicyclic amines) is 1. The van der Waals surface area contributed by atoms with Crippen LogP contribution in [0, 0.1) is 12.8 Å². The Kier molecular flexibility index (Phi) is 7.68. The van der Waals surface area contributed by atoms with E-state index in [1.807, 2.05) is 32.9 Å². The summed E-state index contributed by atoms with van der Waals surface area (Å²) in [7, 11) is 0. The molecule has 1 aromatic heterocycles. The average molecular weight is 392 g/mol. The van der Waals surface area contributed by atoms with E-state index in [9.17, 15) is 4.39 Å². The van der Waals surface area contributed by atoms with Gasteiger partial charge in [0.2, 0.25) is 0 Å². The predicted octanol–water partition coefficient (Wildman–Crippen LogP) is 4.64. The van der Waals surface area contributed by atoms with Gasteiger partial charge in [-0.3, -0.25) is 5.10 Å². The van der Waals surface area contributed by atoms with Crippen molar-refractivity contribution in [3.63, 3.8) is 0 Å². The molecule has 0 saturated carbocycles. The number of aromatic amines is 1. The van der Waals surface area contributed by atoms with Crippen molar-refractivity contribution in [2.24, 2.45) is 5.92 Å². The van der Waals surface area contributed by atoms with Gasteiger partial charge in [-0.1, -0.05) is 13.8 Å². The molecule has 0 unspecified atom stereocenters. The number of alkyl halides is 1. The van der Waals surface area contributed by atoms with E-state index in [4.69, 9.17) is 9.47 Å². The minimum Gasteiger partial charge on any atom is -0.493 e. The van der Waals surface area contributed by atoms with E-state index >= 15 is 0 Å². The summed E-state index contributed by atoms with van der Waals surface area (Å²) in [6.45, 7) is 10.2. The van der Waals surface area contributed by atoms with Gasteiger partial charge in [0.25, 0.3) is 0 Å². The zero-order valence-corrected chi connectivity index (χ0v) is 17.5. The number of piperidine rings is 1. The van der Waals surface area contributed by atoms with Crippen LogP contribution in [0.25, 0.3) is 10.9 Å². The van der Waals surface area contributed by atoms with Crippen LogP contribution in [-0.4, -0.2) is 54.0 Å². The number of nitrogens with one attached hydrogen (secondary N) is 1. The summed E-state index contributed by atoms with van der Waals surface area (Å²) in [6, 6.07) is 4.43. The fourth-order valence-electron chi connectivity index (χ4n) is 4.32. The van der Waals surface area contributed by atoms with Gasteiger partial charge in [0.15, 0.2) is 0 Å². The first-order valence-corrected chi connectivity index (χ1v) is 10.7. The van der Waals surface area contributed by atoms with Crippen molar-refractivity contribution >= 4 is 10.9 Å². The molecule has 1 aromatic carbocycles. The number of aryl methyl sites for hydroxylation is 1. The maximum Gasteiger partial charge on any atom is 0.121 e. The Morgan fingerprint density at radius 2 is 1.89 bits per heavy atom. The van der Waals surface area contributed by atoms with E-state index in [0.717, 1.165) is 74.3 Å². The van der Waals surface area contributed by atoms with Crippen molar-refractivity contribution < 1.29 is 13.9 Å². The summed E-state index contributed by atoms with van der Waals surface area (Å²) < 4.78 is 24.9. The molecule has 4 rings (SSSR count). The van der Waals surface area contributed by atoms with Crippen molar-refractivity contribution in [1.29, 1.82) is 0 Å². The lowest BCUT2D eigenvalue weighted by atomic mass is 9.95. The Morgan fingerprint density at radius 1 is 1.18 bits per heavy atom. The lowest BCUT2D eigenvalue weighted by Crippen LogP contribution is -2.44. The Labute approximate surface area is 167 Å². The fourth-order valence-corrected chi connectivity index (χ4v) is 4.32. The van der Waals surface area contributed by atoms with Crippen LogP contribution in [0.3, 0.4) is 0 Å². The number of hydrogen-bond acceptors (Lipinski definition) is 4. The van der Waals surface area contributed by atoms with Crippen LogP contribution in [0.1, 0.15) is 50.8 Å². The Bertz CT molecular complexity index is 735. The van der Waals surface area contributed by atoms with E-state index in [1.54, 1.807) is 0 Å². The topological polar surface area (TPSA) is 50.4 Å². The number of H-pyrrole nitrogens is 1. The maximum atomic E-state index is 13.4. The Morgan fingerprint density at radius 3 is 2.57 bits per heavy atom. The molecule has 6 heteroatoms. The van der Waals surface area contributed by atoms with Gasteiger partial charge in [0, 0.05) is 36.4 Å². The minimum atomic E-state index is -0.502. The number of halogens is 1. The molecule has 2 fully saturated rings. The molecule has 2 aliphatic heterocycles. The van der Waals surface area contributed by atoms with Crippen molar-refractivity contribution in [1.82, 2.24) is 15.1 Å². The monoisotopic (exact) mass is 391 g/mol. The third kappa shape index (κ3) is 4.84. The maximum absolute atomic E-state index is 13.4. The van der Waals surface area contributed by atoms with Crippen LogP contribution in [0.4, 0.5) is 4.39 Å². The van der Waals surface area contributed by atoms with Crippen molar-refractivity contribution in [3.8, 4) is 5.75 Å². The van der Waals surface area contributed by atoms with Crippen molar-refractivity contribution in [2.75, 3.05) is 32.9 Å². The molecule has 0 spiro atoms. The van der Waals surface area contributed by atoms with Crippen molar-refractivity contribution in [2.45, 2.75) is 59.2 Å². The van der Waals surface area contributed by atoms with Crippen LogP contribution in [0.2, 0.25) is 0 Å². The number of fused-ring (bicyclic) bond motifs is 1. The van der Waals surface area contributed by atoms with Gasteiger partial charge in [0.1, 0.15) is 12.4 Å². The van der Waals surface area contributed by atoms with Gasteiger partial charge in [-0.25, -0.2) is 4.39 Å². The van der Waals surface area contributed by atoms with Gasteiger partial charge in [-0.15, -0.1) is 0 Å². The summed E-state index contributed by atoms with van der Waals surface area (Å²) in [5, 5.41) is 8.07. The molecule has 1 N–H and O–H groups in total. The van der Waals surface area contributed by atoms with E-state index in [-0.39, 0.29) is 0 Å². The second-order valence-corrected chi connectivity index (χ2v) is 7.59. The molecular formula is C22H34FN3O2. The van der Waals surface area contributed by atoms with Crippen LogP contribution in [0.5, 0.6) is 5.75 Å². The highest BCUT2D eigenvalue weighted by Gasteiger charge is 2.26. The first kappa shape index (κ1) is 21.1. The summed E-state index contributed by atoms with van der Waals surface area (Å²) in [6.07, 6.45) is 4.65.